The van der Waals surface area contributed by atoms with Crippen molar-refractivity contribution in [3.05, 3.63) is 83.6 Å². The van der Waals surface area contributed by atoms with E-state index in [1.807, 2.05) is 0 Å². The molecule has 0 spiro atoms. The monoisotopic (exact) mass is 593 g/mol. The van der Waals surface area contributed by atoms with Crippen LogP contribution < -0.4 is 4.90 Å². The molecule has 0 amide bonds. The molecule has 1 aromatic rings. The first-order chi connectivity index (χ1) is 22.1. The van der Waals surface area contributed by atoms with E-state index in [1.165, 1.54) is 28.1 Å². The summed E-state index contributed by atoms with van der Waals surface area (Å²) in [6.45, 7) is 2.27. The van der Waals surface area contributed by atoms with Gasteiger partial charge in [0.15, 0.2) is 0 Å². The molecule has 5 nitrogen and oxygen atoms in total. The second-order valence-electron chi connectivity index (χ2n) is 14.8. The van der Waals surface area contributed by atoms with Gasteiger partial charge in [0.25, 0.3) is 0 Å². The molecule has 5 aliphatic carbocycles. The van der Waals surface area contributed by atoms with E-state index in [1.54, 1.807) is 0 Å². The normalized spacial score (nSPS) is 40.0. The van der Waals surface area contributed by atoms with Gasteiger partial charge in [0.1, 0.15) is 0 Å². The van der Waals surface area contributed by atoms with Crippen LogP contribution in [0.3, 0.4) is 0 Å². The maximum absolute atomic E-state index is 10.2. The Kier molecular flexibility index (Phi) is 7.31. The summed E-state index contributed by atoms with van der Waals surface area (Å²) >= 11 is 0. The SMILES string of the molecule is CC1CC2C(CC1C#N)C1C(c3cccc(N4C5=C(C=CCC5)C5CC(C#N)CCC54)c3)=CC=CC1N2C1CC=CC(C#N)C1. The Labute approximate surface area is 268 Å². The summed E-state index contributed by atoms with van der Waals surface area (Å²) in [6, 6.07) is 18.6. The maximum atomic E-state index is 10.2. The number of hydrogen-bond donors (Lipinski definition) is 0. The van der Waals surface area contributed by atoms with Crippen molar-refractivity contribution in [2.45, 2.75) is 88.9 Å². The van der Waals surface area contributed by atoms with Crippen LogP contribution in [0.5, 0.6) is 0 Å². The molecule has 228 valence electrons. The first-order valence-electron chi connectivity index (χ1n) is 17.4. The van der Waals surface area contributed by atoms with Gasteiger partial charge < -0.3 is 4.90 Å². The van der Waals surface area contributed by atoms with E-state index >= 15 is 0 Å². The molecule has 0 bridgehead atoms. The van der Waals surface area contributed by atoms with Gasteiger partial charge in [-0.3, -0.25) is 4.90 Å². The van der Waals surface area contributed by atoms with E-state index in [0.29, 0.717) is 47.8 Å². The molecule has 1 saturated heterocycles. The third-order valence-corrected chi connectivity index (χ3v) is 12.5. The zero-order valence-corrected chi connectivity index (χ0v) is 26.3. The molecule has 2 aliphatic heterocycles. The zero-order valence-electron chi connectivity index (χ0n) is 26.3. The van der Waals surface area contributed by atoms with E-state index < -0.39 is 0 Å². The summed E-state index contributed by atoms with van der Waals surface area (Å²) in [5, 5.41) is 29.7. The first kappa shape index (κ1) is 28.6. The van der Waals surface area contributed by atoms with Crippen LogP contribution in [0, 0.1) is 75.4 Å². The van der Waals surface area contributed by atoms with Crippen LogP contribution in [0.2, 0.25) is 0 Å². The second-order valence-corrected chi connectivity index (χ2v) is 14.8. The van der Waals surface area contributed by atoms with Crippen LogP contribution in [0.1, 0.15) is 70.3 Å². The lowest BCUT2D eigenvalue weighted by atomic mass is 9.66. The average Bonchev–Trinajstić information content (AvgIpc) is 3.59. The van der Waals surface area contributed by atoms with E-state index in [0.717, 1.165) is 57.8 Å². The predicted molar refractivity (Wildman–Crippen MR) is 177 cm³/mol. The Morgan fingerprint density at radius 2 is 1.82 bits per heavy atom. The topological polar surface area (TPSA) is 77.8 Å². The maximum Gasteiger partial charge on any atom is 0.0698 e. The zero-order chi connectivity index (χ0) is 30.7. The molecule has 7 aliphatic rings. The molecular weight excluding hydrogens is 550 g/mol. The van der Waals surface area contributed by atoms with Crippen LogP contribution in [0.25, 0.3) is 5.57 Å². The summed E-state index contributed by atoms with van der Waals surface area (Å²) < 4.78 is 0. The summed E-state index contributed by atoms with van der Waals surface area (Å²) in [7, 11) is 0. The van der Waals surface area contributed by atoms with Gasteiger partial charge >= 0.3 is 0 Å². The number of likely N-dealkylation sites (tertiary alicyclic amines) is 1. The predicted octanol–water partition coefficient (Wildman–Crippen LogP) is 8.09. The molecule has 0 N–H and O–H groups in total. The Hall–Kier alpha value is -3.85. The Morgan fingerprint density at radius 1 is 0.911 bits per heavy atom. The van der Waals surface area contributed by atoms with Crippen LogP contribution in [-0.4, -0.2) is 29.1 Å². The van der Waals surface area contributed by atoms with Crippen molar-refractivity contribution in [1.29, 1.82) is 15.8 Å². The minimum atomic E-state index is -0.0188. The minimum absolute atomic E-state index is 0.0188. The van der Waals surface area contributed by atoms with Gasteiger partial charge in [-0.25, -0.2) is 0 Å². The van der Waals surface area contributed by atoms with Gasteiger partial charge in [-0.2, -0.15) is 15.8 Å². The standard InChI is InChI=1S/C40H43N5/c1-25-17-39-35(21-29(25)24-43)40-32(12-6-14-38(40)45(39)30-9-4-7-26(18-30)22-41)28-8-5-10-31(20-28)44-36-13-3-2-11-33(36)34-19-27(23-42)15-16-37(34)44/h2,4-8,10-12,14,20,25-27,29-30,34-35,37-40H,3,9,13,15-19,21H2,1H3. The van der Waals surface area contributed by atoms with Crippen molar-refractivity contribution in [2.75, 3.05) is 4.90 Å². The van der Waals surface area contributed by atoms with E-state index in [4.69, 9.17) is 0 Å². The molecule has 11 atom stereocenters. The molecular formula is C40H43N5. The average molecular weight is 594 g/mol. The number of nitriles is 3. The Bertz CT molecular complexity index is 1640. The van der Waals surface area contributed by atoms with Crippen LogP contribution in [-0.2, 0) is 0 Å². The molecule has 2 heterocycles. The summed E-state index contributed by atoms with van der Waals surface area (Å²) in [4.78, 5) is 5.45. The summed E-state index contributed by atoms with van der Waals surface area (Å²) in [5.74, 6) is 1.84. The molecule has 0 radical (unpaired) electrons. The Balaban J connectivity index is 1.15. The smallest absolute Gasteiger partial charge is 0.0698 e. The second kappa shape index (κ2) is 11.5. The van der Waals surface area contributed by atoms with Crippen molar-refractivity contribution < 1.29 is 0 Å². The van der Waals surface area contributed by atoms with E-state index in [-0.39, 0.29) is 17.8 Å². The quantitative estimate of drug-likeness (QED) is 0.331. The molecule has 8 rings (SSSR count). The van der Waals surface area contributed by atoms with Crippen LogP contribution in [0.4, 0.5) is 5.69 Å². The van der Waals surface area contributed by atoms with Gasteiger partial charge in [-0.1, -0.05) is 61.6 Å². The number of nitrogens with zero attached hydrogens (tertiary/aromatic N) is 5. The highest BCUT2D eigenvalue weighted by molar-refractivity contribution is 5.76. The van der Waals surface area contributed by atoms with Crippen molar-refractivity contribution in [3.63, 3.8) is 0 Å². The lowest BCUT2D eigenvalue weighted by Gasteiger charge is -2.42. The molecule has 45 heavy (non-hydrogen) atoms. The van der Waals surface area contributed by atoms with Crippen molar-refractivity contribution in [1.82, 2.24) is 4.90 Å². The molecule has 1 aromatic carbocycles. The number of hydrogen-bond acceptors (Lipinski definition) is 5. The van der Waals surface area contributed by atoms with Gasteiger partial charge in [0, 0.05) is 59.2 Å². The summed E-state index contributed by atoms with van der Waals surface area (Å²) in [6.07, 6.45) is 25.2. The van der Waals surface area contributed by atoms with Crippen molar-refractivity contribution in [3.8, 4) is 18.2 Å². The number of rotatable bonds is 3. The highest BCUT2D eigenvalue weighted by atomic mass is 15.3. The first-order valence-corrected chi connectivity index (χ1v) is 17.4. The van der Waals surface area contributed by atoms with Gasteiger partial charge in [-0.15, -0.1) is 0 Å². The van der Waals surface area contributed by atoms with Gasteiger partial charge in [-0.05, 0) is 98.5 Å². The third kappa shape index (κ3) is 4.65. The fraction of sp³-hybridized carbons (Fsp3) is 0.525. The van der Waals surface area contributed by atoms with Crippen LogP contribution >= 0.6 is 0 Å². The number of allylic oxidation sites excluding steroid dienone is 6. The molecule has 3 fully saturated rings. The number of fused-ring (bicyclic) bond motifs is 5. The van der Waals surface area contributed by atoms with Gasteiger partial charge in [0.05, 0.1) is 24.1 Å². The summed E-state index contributed by atoms with van der Waals surface area (Å²) in [5.41, 5.74) is 6.96. The van der Waals surface area contributed by atoms with E-state index in [9.17, 15) is 15.8 Å². The molecule has 2 saturated carbocycles. The molecule has 5 heteroatoms. The highest BCUT2D eigenvalue weighted by Crippen LogP contribution is 2.55. The van der Waals surface area contributed by atoms with Crippen LogP contribution in [0.15, 0.2) is 78.1 Å². The third-order valence-electron chi connectivity index (χ3n) is 12.5. The molecule has 0 aromatic heterocycles. The fourth-order valence-corrected chi connectivity index (χ4v) is 10.6. The van der Waals surface area contributed by atoms with E-state index in [2.05, 4.69) is 102 Å². The Morgan fingerprint density at radius 3 is 2.67 bits per heavy atom. The van der Waals surface area contributed by atoms with Crippen molar-refractivity contribution >= 4 is 11.3 Å². The number of anilines is 1. The molecule has 11 unspecified atom stereocenters. The lowest BCUT2D eigenvalue weighted by molar-refractivity contribution is 0.0751. The van der Waals surface area contributed by atoms with Gasteiger partial charge in [0.2, 0.25) is 0 Å². The minimum Gasteiger partial charge on any atom is -0.341 e. The number of benzene rings is 1. The van der Waals surface area contributed by atoms with Crippen molar-refractivity contribution in [2.24, 2.45) is 41.4 Å². The lowest BCUT2D eigenvalue weighted by Crippen LogP contribution is -2.48. The largest absolute Gasteiger partial charge is 0.341 e. The fourth-order valence-electron chi connectivity index (χ4n) is 10.6. The highest BCUT2D eigenvalue weighted by Gasteiger charge is 2.55.